The predicted octanol–water partition coefficient (Wildman–Crippen LogP) is 0.812. The zero-order chi connectivity index (χ0) is 8.15. The van der Waals surface area contributed by atoms with Crippen LogP contribution in [0.4, 0.5) is 0 Å². The van der Waals surface area contributed by atoms with Crippen LogP contribution in [0, 0.1) is 11.8 Å². The summed E-state index contributed by atoms with van der Waals surface area (Å²) in [4.78, 5) is 2.11. The summed E-state index contributed by atoms with van der Waals surface area (Å²) in [7, 11) is 4.07. The lowest BCUT2D eigenvalue weighted by Gasteiger charge is -2.21. The first kappa shape index (κ1) is 9.92. The fraction of sp³-hybridized carbons (Fsp3) is 1.00. The average Bonchev–Trinajstić information content (AvgIpc) is 1.81. The normalized spacial score (nSPS) is 14.7. The lowest BCUT2D eigenvalue weighted by Crippen LogP contribution is -2.27. The van der Waals surface area contributed by atoms with Gasteiger partial charge in [-0.25, -0.2) is 0 Å². The number of aliphatic hydroxyl groups is 1. The van der Waals surface area contributed by atoms with Gasteiger partial charge in [-0.1, -0.05) is 13.8 Å². The third-order valence-electron chi connectivity index (χ3n) is 1.78. The highest BCUT2D eigenvalue weighted by Gasteiger charge is 2.11. The van der Waals surface area contributed by atoms with Crippen LogP contribution in [0.25, 0.3) is 0 Å². The zero-order valence-electron chi connectivity index (χ0n) is 7.46. The Hall–Kier alpha value is -0.0800. The van der Waals surface area contributed by atoms with Crippen molar-refractivity contribution in [2.45, 2.75) is 13.8 Å². The first-order valence-electron chi connectivity index (χ1n) is 3.83. The molecule has 0 heterocycles. The van der Waals surface area contributed by atoms with Crippen LogP contribution >= 0.6 is 0 Å². The summed E-state index contributed by atoms with van der Waals surface area (Å²) in [6.07, 6.45) is 0. The van der Waals surface area contributed by atoms with E-state index in [0.29, 0.717) is 18.4 Å². The number of rotatable bonds is 4. The Morgan fingerprint density at radius 2 is 1.80 bits per heavy atom. The Morgan fingerprint density at radius 1 is 1.30 bits per heavy atom. The predicted molar refractivity (Wildman–Crippen MR) is 44.0 cm³/mol. The minimum Gasteiger partial charge on any atom is -0.396 e. The Kier molecular flexibility index (Phi) is 4.65. The van der Waals surface area contributed by atoms with E-state index in [9.17, 15) is 0 Å². The average molecular weight is 145 g/mol. The maximum absolute atomic E-state index is 8.92. The number of aliphatic hydroxyl groups excluding tert-OH is 1. The minimum absolute atomic E-state index is 0.301. The Balaban J connectivity index is 3.60. The van der Waals surface area contributed by atoms with Crippen molar-refractivity contribution >= 4 is 0 Å². The van der Waals surface area contributed by atoms with Crippen LogP contribution in [-0.2, 0) is 0 Å². The molecule has 0 amide bonds. The molecule has 0 fully saturated rings. The molecule has 1 atom stereocenters. The lowest BCUT2D eigenvalue weighted by atomic mass is 9.96. The SMILES string of the molecule is CC(C)C(CO)CN(C)C. The van der Waals surface area contributed by atoms with Crippen LogP contribution in [-0.4, -0.2) is 37.3 Å². The molecule has 1 N–H and O–H groups in total. The summed E-state index contributed by atoms with van der Waals surface area (Å²) in [5.74, 6) is 1.00. The van der Waals surface area contributed by atoms with Gasteiger partial charge in [-0.05, 0) is 25.9 Å². The van der Waals surface area contributed by atoms with E-state index < -0.39 is 0 Å². The molecule has 0 radical (unpaired) electrons. The monoisotopic (exact) mass is 145 g/mol. The first-order valence-corrected chi connectivity index (χ1v) is 3.83. The van der Waals surface area contributed by atoms with E-state index in [1.807, 2.05) is 14.1 Å². The van der Waals surface area contributed by atoms with Gasteiger partial charge in [0.05, 0.1) is 0 Å². The van der Waals surface area contributed by atoms with Crippen molar-refractivity contribution in [2.75, 3.05) is 27.2 Å². The minimum atomic E-state index is 0.301. The third-order valence-corrected chi connectivity index (χ3v) is 1.78. The lowest BCUT2D eigenvalue weighted by molar-refractivity contribution is 0.157. The summed E-state index contributed by atoms with van der Waals surface area (Å²) in [6, 6.07) is 0. The maximum Gasteiger partial charge on any atom is 0.0473 e. The standard InChI is InChI=1S/C8H19NO/c1-7(2)8(6-10)5-9(3)4/h7-8,10H,5-6H2,1-4H3. The third kappa shape index (κ3) is 3.85. The Bertz CT molecular complexity index is 81.3. The molecule has 0 spiro atoms. The van der Waals surface area contributed by atoms with Crippen LogP contribution in [0.15, 0.2) is 0 Å². The highest BCUT2D eigenvalue weighted by Crippen LogP contribution is 2.09. The largest absolute Gasteiger partial charge is 0.396 e. The van der Waals surface area contributed by atoms with Gasteiger partial charge in [-0.2, -0.15) is 0 Å². The van der Waals surface area contributed by atoms with Gasteiger partial charge in [0.15, 0.2) is 0 Å². The molecule has 0 saturated carbocycles. The molecule has 0 aliphatic rings. The van der Waals surface area contributed by atoms with Gasteiger partial charge >= 0.3 is 0 Å². The van der Waals surface area contributed by atoms with Crippen LogP contribution in [0.1, 0.15) is 13.8 Å². The number of hydrogen-bond donors (Lipinski definition) is 1. The summed E-state index contributed by atoms with van der Waals surface area (Å²) < 4.78 is 0. The van der Waals surface area contributed by atoms with E-state index in [1.54, 1.807) is 0 Å². The summed E-state index contributed by atoms with van der Waals surface area (Å²) in [5, 5.41) is 8.92. The summed E-state index contributed by atoms with van der Waals surface area (Å²) >= 11 is 0. The first-order chi connectivity index (χ1) is 4.57. The number of hydrogen-bond acceptors (Lipinski definition) is 2. The quantitative estimate of drug-likeness (QED) is 0.633. The van der Waals surface area contributed by atoms with E-state index in [4.69, 9.17) is 5.11 Å². The molecule has 10 heavy (non-hydrogen) atoms. The van der Waals surface area contributed by atoms with Crippen LogP contribution in [0.5, 0.6) is 0 Å². The van der Waals surface area contributed by atoms with E-state index in [-0.39, 0.29) is 0 Å². The van der Waals surface area contributed by atoms with Gasteiger partial charge in [-0.3, -0.25) is 0 Å². The molecule has 1 unspecified atom stereocenters. The summed E-state index contributed by atoms with van der Waals surface area (Å²) in [5.41, 5.74) is 0. The molecule has 0 aromatic rings. The highest BCUT2D eigenvalue weighted by molar-refractivity contribution is 4.63. The molecule has 0 aliphatic heterocycles. The topological polar surface area (TPSA) is 23.5 Å². The molecule has 0 bridgehead atoms. The van der Waals surface area contributed by atoms with Crippen molar-refractivity contribution in [3.63, 3.8) is 0 Å². The second-order valence-electron chi connectivity index (χ2n) is 3.45. The molecule has 0 aliphatic carbocycles. The van der Waals surface area contributed by atoms with E-state index in [2.05, 4.69) is 18.7 Å². The van der Waals surface area contributed by atoms with Crippen molar-refractivity contribution in [2.24, 2.45) is 11.8 Å². The van der Waals surface area contributed by atoms with Crippen LogP contribution in [0.2, 0.25) is 0 Å². The van der Waals surface area contributed by atoms with E-state index >= 15 is 0 Å². The maximum atomic E-state index is 8.92. The zero-order valence-corrected chi connectivity index (χ0v) is 7.46. The van der Waals surface area contributed by atoms with Crippen molar-refractivity contribution in [1.29, 1.82) is 0 Å². The van der Waals surface area contributed by atoms with Crippen molar-refractivity contribution < 1.29 is 5.11 Å². The molecule has 0 rings (SSSR count). The van der Waals surface area contributed by atoms with Gasteiger partial charge in [-0.15, -0.1) is 0 Å². The van der Waals surface area contributed by atoms with Crippen LogP contribution in [0.3, 0.4) is 0 Å². The van der Waals surface area contributed by atoms with E-state index in [0.717, 1.165) is 6.54 Å². The molecule has 0 aromatic heterocycles. The van der Waals surface area contributed by atoms with Crippen molar-refractivity contribution in [1.82, 2.24) is 4.90 Å². The molecule has 0 aromatic carbocycles. The van der Waals surface area contributed by atoms with Gasteiger partial charge in [0.25, 0.3) is 0 Å². The van der Waals surface area contributed by atoms with Crippen LogP contribution < -0.4 is 0 Å². The fourth-order valence-corrected chi connectivity index (χ4v) is 0.948. The van der Waals surface area contributed by atoms with Crippen molar-refractivity contribution in [3.05, 3.63) is 0 Å². The van der Waals surface area contributed by atoms with E-state index in [1.165, 1.54) is 0 Å². The Morgan fingerprint density at radius 3 is 1.90 bits per heavy atom. The smallest absolute Gasteiger partial charge is 0.0473 e. The van der Waals surface area contributed by atoms with Gasteiger partial charge < -0.3 is 10.0 Å². The highest BCUT2D eigenvalue weighted by atomic mass is 16.3. The number of nitrogens with zero attached hydrogens (tertiary/aromatic N) is 1. The fourth-order valence-electron chi connectivity index (χ4n) is 0.948. The Labute approximate surface area is 63.8 Å². The molecule has 2 heteroatoms. The van der Waals surface area contributed by atoms with Gasteiger partial charge in [0.1, 0.15) is 0 Å². The van der Waals surface area contributed by atoms with Crippen molar-refractivity contribution in [3.8, 4) is 0 Å². The molecule has 0 saturated heterocycles. The molecular weight excluding hydrogens is 126 g/mol. The summed E-state index contributed by atoms with van der Waals surface area (Å²) in [6.45, 7) is 5.57. The van der Waals surface area contributed by atoms with Gasteiger partial charge in [0.2, 0.25) is 0 Å². The van der Waals surface area contributed by atoms with Gasteiger partial charge in [0, 0.05) is 13.2 Å². The second kappa shape index (κ2) is 4.69. The second-order valence-corrected chi connectivity index (χ2v) is 3.45. The molecular formula is C8H19NO. The molecule has 2 nitrogen and oxygen atoms in total. The molecule has 62 valence electrons.